The van der Waals surface area contributed by atoms with Crippen molar-refractivity contribution >= 4 is 21.7 Å². The van der Waals surface area contributed by atoms with Gasteiger partial charge >= 0.3 is 0 Å². The first-order valence-electron chi connectivity index (χ1n) is 7.30. The highest BCUT2D eigenvalue weighted by atomic mass is 32.2. The van der Waals surface area contributed by atoms with Gasteiger partial charge < -0.3 is 0 Å². The number of carbonyl (C=O) groups excluding carboxylic acids is 1. The van der Waals surface area contributed by atoms with Crippen molar-refractivity contribution in [1.29, 1.82) is 0 Å². The molecule has 0 fully saturated rings. The van der Waals surface area contributed by atoms with E-state index in [0.717, 1.165) is 5.69 Å². The summed E-state index contributed by atoms with van der Waals surface area (Å²) in [6.45, 7) is 5.58. The molecular weight excluding hydrogens is 314 g/mol. The number of amides is 1. The molecule has 1 amide bonds. The molecule has 0 spiro atoms. The molecule has 1 heterocycles. The van der Waals surface area contributed by atoms with E-state index in [2.05, 4.69) is 15.3 Å². The van der Waals surface area contributed by atoms with Crippen LogP contribution in [0.4, 0.5) is 5.95 Å². The average molecular weight is 333 g/mol. The van der Waals surface area contributed by atoms with Crippen LogP contribution >= 0.6 is 0 Å². The molecule has 0 atom stereocenters. The molecule has 0 saturated carbocycles. The van der Waals surface area contributed by atoms with Crippen molar-refractivity contribution in [1.82, 2.24) is 9.97 Å². The predicted molar refractivity (Wildman–Crippen MR) is 88.2 cm³/mol. The van der Waals surface area contributed by atoms with Crippen LogP contribution in [0.25, 0.3) is 0 Å². The summed E-state index contributed by atoms with van der Waals surface area (Å²) in [6.07, 6.45) is 1.59. The Morgan fingerprint density at radius 2 is 1.83 bits per heavy atom. The maximum Gasteiger partial charge on any atom is 0.258 e. The Bertz CT molecular complexity index is 800. The fourth-order valence-corrected chi connectivity index (χ4v) is 2.79. The van der Waals surface area contributed by atoms with Gasteiger partial charge in [-0.25, -0.2) is 18.4 Å². The van der Waals surface area contributed by atoms with Crippen LogP contribution < -0.4 is 5.32 Å². The molecule has 0 saturated heterocycles. The summed E-state index contributed by atoms with van der Waals surface area (Å²) in [5, 5.41) is 2.62. The lowest BCUT2D eigenvalue weighted by Gasteiger charge is -2.08. The minimum atomic E-state index is -3.27. The molecule has 1 aromatic carbocycles. The zero-order chi connectivity index (χ0) is 17.0. The number of sulfone groups is 1. The van der Waals surface area contributed by atoms with E-state index in [-0.39, 0.29) is 28.4 Å². The van der Waals surface area contributed by atoms with Crippen LogP contribution in [0.3, 0.4) is 0 Å². The Morgan fingerprint density at radius 1 is 1.17 bits per heavy atom. The molecule has 1 N–H and O–H groups in total. The highest BCUT2D eigenvalue weighted by Gasteiger charge is 2.13. The van der Waals surface area contributed by atoms with E-state index in [4.69, 9.17) is 0 Å². The van der Waals surface area contributed by atoms with Gasteiger partial charge in [0.2, 0.25) is 5.95 Å². The van der Waals surface area contributed by atoms with Crippen LogP contribution in [0, 0.1) is 0 Å². The first-order valence-corrected chi connectivity index (χ1v) is 8.96. The number of carbonyl (C=O) groups is 1. The third-order valence-electron chi connectivity index (χ3n) is 3.35. The number of hydrogen-bond donors (Lipinski definition) is 1. The number of anilines is 1. The van der Waals surface area contributed by atoms with Gasteiger partial charge in [-0.2, -0.15) is 0 Å². The van der Waals surface area contributed by atoms with Gasteiger partial charge in [-0.1, -0.05) is 20.8 Å². The molecule has 0 radical (unpaired) electrons. The second-order valence-corrected chi connectivity index (χ2v) is 7.62. The lowest BCUT2D eigenvalue weighted by molar-refractivity contribution is 0.102. The number of rotatable bonds is 5. The molecule has 2 aromatic rings. The zero-order valence-corrected chi connectivity index (χ0v) is 14.1. The van der Waals surface area contributed by atoms with Crippen LogP contribution in [0.15, 0.2) is 41.4 Å². The molecule has 0 aliphatic heterocycles. The van der Waals surface area contributed by atoms with Gasteiger partial charge in [-0.3, -0.25) is 10.1 Å². The average Bonchev–Trinajstić information content (AvgIpc) is 2.55. The number of hydrogen-bond acceptors (Lipinski definition) is 5. The van der Waals surface area contributed by atoms with Gasteiger partial charge in [-0.15, -0.1) is 0 Å². The predicted octanol–water partition coefficient (Wildman–Crippen LogP) is 2.65. The molecule has 2 rings (SSSR count). The van der Waals surface area contributed by atoms with Crippen LogP contribution in [0.5, 0.6) is 0 Å². The quantitative estimate of drug-likeness (QED) is 0.908. The van der Waals surface area contributed by atoms with Gasteiger partial charge in [-0.05, 0) is 36.2 Å². The second kappa shape index (κ2) is 6.87. The normalized spacial score (nSPS) is 11.5. The molecule has 0 unspecified atom stereocenters. The van der Waals surface area contributed by atoms with Crippen molar-refractivity contribution in [2.75, 3.05) is 11.1 Å². The Hall–Kier alpha value is -2.28. The molecule has 0 aliphatic rings. The van der Waals surface area contributed by atoms with E-state index >= 15 is 0 Å². The number of nitrogens with one attached hydrogen (secondary N) is 1. The fourth-order valence-electron chi connectivity index (χ4n) is 1.91. The van der Waals surface area contributed by atoms with E-state index in [9.17, 15) is 13.2 Å². The van der Waals surface area contributed by atoms with Crippen molar-refractivity contribution in [2.45, 2.75) is 31.6 Å². The first-order chi connectivity index (χ1) is 10.8. The summed E-state index contributed by atoms with van der Waals surface area (Å²) >= 11 is 0. The molecule has 122 valence electrons. The van der Waals surface area contributed by atoms with Crippen LogP contribution in [0.1, 0.15) is 42.7 Å². The monoisotopic (exact) mass is 333 g/mol. The van der Waals surface area contributed by atoms with E-state index < -0.39 is 9.84 Å². The summed E-state index contributed by atoms with van der Waals surface area (Å²) < 4.78 is 23.5. The number of benzene rings is 1. The summed E-state index contributed by atoms with van der Waals surface area (Å²) in [5.41, 5.74) is 1.18. The maximum atomic E-state index is 12.2. The number of nitrogens with zero attached hydrogens (tertiary/aromatic N) is 2. The highest BCUT2D eigenvalue weighted by Crippen LogP contribution is 2.15. The van der Waals surface area contributed by atoms with E-state index in [0.29, 0.717) is 5.56 Å². The summed E-state index contributed by atoms with van der Waals surface area (Å²) in [6, 6.07) is 7.61. The molecular formula is C16H19N3O3S. The third-order valence-corrected chi connectivity index (χ3v) is 5.10. The van der Waals surface area contributed by atoms with Crippen molar-refractivity contribution in [2.24, 2.45) is 0 Å². The van der Waals surface area contributed by atoms with Gasteiger partial charge in [0, 0.05) is 17.5 Å². The fraction of sp³-hybridized carbons (Fsp3) is 0.312. The topological polar surface area (TPSA) is 89.0 Å². The maximum absolute atomic E-state index is 12.2. The van der Waals surface area contributed by atoms with Crippen molar-refractivity contribution in [3.8, 4) is 0 Å². The Labute approximate surface area is 135 Å². The molecule has 6 nitrogen and oxygen atoms in total. The van der Waals surface area contributed by atoms with E-state index in [1.54, 1.807) is 19.2 Å². The largest absolute Gasteiger partial charge is 0.290 e. The standard InChI is InChI=1S/C16H19N3O3S/c1-4-23(21,22)13-7-5-12(6-8-13)15(20)19-16-17-10-9-14(18-16)11(2)3/h5-11H,4H2,1-3H3,(H,17,18,19,20). The van der Waals surface area contributed by atoms with Gasteiger partial charge in [0.1, 0.15) is 0 Å². The molecule has 7 heteroatoms. The minimum Gasteiger partial charge on any atom is -0.290 e. The van der Waals surface area contributed by atoms with E-state index in [1.165, 1.54) is 24.3 Å². The lowest BCUT2D eigenvalue weighted by Crippen LogP contribution is -2.15. The lowest BCUT2D eigenvalue weighted by atomic mass is 10.1. The van der Waals surface area contributed by atoms with Crippen molar-refractivity contribution < 1.29 is 13.2 Å². The van der Waals surface area contributed by atoms with Crippen LogP contribution in [-0.2, 0) is 9.84 Å². The van der Waals surface area contributed by atoms with Gasteiger partial charge in [0.05, 0.1) is 10.6 Å². The Balaban J connectivity index is 2.17. The van der Waals surface area contributed by atoms with Crippen LogP contribution in [-0.4, -0.2) is 30.0 Å². The smallest absolute Gasteiger partial charge is 0.258 e. The summed E-state index contributed by atoms with van der Waals surface area (Å²) in [5.74, 6) is 0.0963. The molecule has 0 aliphatic carbocycles. The molecule has 0 bridgehead atoms. The summed E-state index contributed by atoms with van der Waals surface area (Å²) in [4.78, 5) is 20.7. The number of aromatic nitrogens is 2. The second-order valence-electron chi connectivity index (χ2n) is 5.34. The Kier molecular flexibility index (Phi) is 5.10. The summed E-state index contributed by atoms with van der Waals surface area (Å²) in [7, 11) is -3.27. The Morgan fingerprint density at radius 3 is 2.39 bits per heavy atom. The highest BCUT2D eigenvalue weighted by molar-refractivity contribution is 7.91. The van der Waals surface area contributed by atoms with E-state index in [1.807, 2.05) is 13.8 Å². The molecule has 23 heavy (non-hydrogen) atoms. The molecule has 1 aromatic heterocycles. The zero-order valence-electron chi connectivity index (χ0n) is 13.3. The van der Waals surface area contributed by atoms with Crippen molar-refractivity contribution in [3.63, 3.8) is 0 Å². The third kappa shape index (κ3) is 4.13. The first kappa shape index (κ1) is 17.1. The SMILES string of the molecule is CCS(=O)(=O)c1ccc(C(=O)Nc2nccc(C(C)C)n2)cc1. The van der Waals surface area contributed by atoms with Crippen molar-refractivity contribution in [3.05, 3.63) is 47.8 Å². The van der Waals surface area contributed by atoms with Gasteiger partial charge in [0.25, 0.3) is 5.91 Å². The van der Waals surface area contributed by atoms with Crippen LogP contribution in [0.2, 0.25) is 0 Å². The minimum absolute atomic E-state index is 0.0222. The van der Waals surface area contributed by atoms with Gasteiger partial charge in [0.15, 0.2) is 9.84 Å².